The van der Waals surface area contributed by atoms with E-state index in [-0.39, 0.29) is 18.5 Å². The Hall–Kier alpha value is -1.40. The minimum atomic E-state index is -0.843. The van der Waals surface area contributed by atoms with Crippen LogP contribution in [-0.4, -0.2) is 47.4 Å². The van der Waals surface area contributed by atoms with Gasteiger partial charge in [0.15, 0.2) is 0 Å². The highest BCUT2D eigenvalue weighted by molar-refractivity contribution is 5.76. The Kier molecular flexibility index (Phi) is 67.9. The minimum Gasteiger partial charge on any atom is -0.466 e. The third kappa shape index (κ3) is 65.6. The molecule has 0 aliphatic heterocycles. The van der Waals surface area contributed by atoms with Crippen LogP contribution < -0.4 is 5.32 Å². The Labute approximate surface area is 495 Å². The molecule has 0 aliphatic carbocycles. The Balaban J connectivity index is 3.37. The molecule has 0 aliphatic rings. The quantitative estimate of drug-likeness (QED) is 0.0320. The van der Waals surface area contributed by atoms with Gasteiger partial charge < -0.3 is 20.3 Å². The average molecular weight is 1110 g/mol. The molecule has 0 aromatic rings. The van der Waals surface area contributed by atoms with Gasteiger partial charge in [-0.1, -0.05) is 386 Å². The molecule has 0 fully saturated rings. The number of ether oxygens (including phenoxy) is 1. The first-order valence-corrected chi connectivity index (χ1v) is 36.5. The number of allylic oxidation sites excluding steroid dienone is 1. The monoisotopic (exact) mass is 1110 g/mol. The molecular formula is C73H143NO5. The SMILES string of the molecule is CCCCCCCCCCCCCCCCCCCCCC/C=C/C(O)C(CO)NC(=O)CCCCCCCCCCCCCCCCCCCCCCCCCCCCOC(=O)CCCCCCCCCCCCCCCC. The first-order valence-electron chi connectivity index (χ1n) is 36.5. The van der Waals surface area contributed by atoms with E-state index in [4.69, 9.17) is 4.74 Å². The fourth-order valence-electron chi connectivity index (χ4n) is 11.8. The van der Waals surface area contributed by atoms with Gasteiger partial charge in [-0.05, 0) is 32.1 Å². The van der Waals surface area contributed by atoms with E-state index in [0.29, 0.717) is 19.4 Å². The fourth-order valence-corrected chi connectivity index (χ4v) is 11.8. The number of aliphatic hydroxyl groups excluding tert-OH is 2. The van der Waals surface area contributed by atoms with Crippen LogP contribution in [0.15, 0.2) is 12.2 Å². The summed E-state index contributed by atoms with van der Waals surface area (Å²) in [4.78, 5) is 24.6. The summed E-state index contributed by atoms with van der Waals surface area (Å²) >= 11 is 0. The zero-order chi connectivity index (χ0) is 57.1. The third-order valence-electron chi connectivity index (χ3n) is 17.3. The normalized spacial score (nSPS) is 12.5. The predicted molar refractivity (Wildman–Crippen MR) is 347 cm³/mol. The summed E-state index contributed by atoms with van der Waals surface area (Å²) < 4.78 is 5.50. The summed E-state index contributed by atoms with van der Waals surface area (Å²) in [6.45, 7) is 4.96. The first kappa shape index (κ1) is 77.6. The maximum absolute atomic E-state index is 12.5. The van der Waals surface area contributed by atoms with Crippen molar-refractivity contribution >= 4 is 11.9 Å². The lowest BCUT2D eigenvalue weighted by atomic mass is 10.0. The lowest BCUT2D eigenvalue weighted by molar-refractivity contribution is -0.143. The second-order valence-electron chi connectivity index (χ2n) is 25.3. The highest BCUT2D eigenvalue weighted by Crippen LogP contribution is 2.19. The summed E-state index contributed by atoms with van der Waals surface area (Å²) in [6.07, 6.45) is 85.8. The number of aliphatic hydroxyl groups is 2. The highest BCUT2D eigenvalue weighted by Gasteiger charge is 2.18. The first-order chi connectivity index (χ1) is 39.0. The van der Waals surface area contributed by atoms with Gasteiger partial charge in [-0.25, -0.2) is 0 Å². The van der Waals surface area contributed by atoms with Crippen LogP contribution in [0.25, 0.3) is 0 Å². The average Bonchev–Trinajstić information content (AvgIpc) is 3.45. The fraction of sp³-hybridized carbons (Fsp3) is 0.945. The zero-order valence-electron chi connectivity index (χ0n) is 53.9. The van der Waals surface area contributed by atoms with Crippen LogP contribution in [0.1, 0.15) is 418 Å². The molecule has 470 valence electrons. The van der Waals surface area contributed by atoms with Gasteiger partial charge in [-0.15, -0.1) is 0 Å². The van der Waals surface area contributed by atoms with Crippen LogP contribution in [0, 0.1) is 0 Å². The second kappa shape index (κ2) is 69.1. The minimum absolute atomic E-state index is 0.0203. The molecule has 2 unspecified atom stereocenters. The van der Waals surface area contributed by atoms with Crippen LogP contribution >= 0.6 is 0 Å². The van der Waals surface area contributed by atoms with Crippen molar-refractivity contribution in [1.29, 1.82) is 0 Å². The molecule has 0 aromatic carbocycles. The van der Waals surface area contributed by atoms with Gasteiger partial charge in [0.25, 0.3) is 0 Å². The van der Waals surface area contributed by atoms with Crippen LogP contribution in [-0.2, 0) is 14.3 Å². The van der Waals surface area contributed by atoms with Crippen LogP contribution in [0.4, 0.5) is 0 Å². The molecule has 0 heterocycles. The van der Waals surface area contributed by atoms with E-state index in [2.05, 4.69) is 19.2 Å². The third-order valence-corrected chi connectivity index (χ3v) is 17.3. The summed E-state index contributed by atoms with van der Waals surface area (Å²) in [6, 6.07) is -0.626. The van der Waals surface area contributed by atoms with Crippen molar-refractivity contribution in [1.82, 2.24) is 5.32 Å². The molecule has 0 saturated heterocycles. The van der Waals surface area contributed by atoms with E-state index in [9.17, 15) is 19.8 Å². The molecular weight excluding hydrogens is 971 g/mol. The van der Waals surface area contributed by atoms with Gasteiger partial charge in [-0.2, -0.15) is 0 Å². The molecule has 6 heteroatoms. The van der Waals surface area contributed by atoms with Crippen molar-refractivity contribution in [3.05, 3.63) is 12.2 Å². The number of carbonyl (C=O) groups is 2. The smallest absolute Gasteiger partial charge is 0.305 e. The number of rotatable bonds is 69. The lowest BCUT2D eigenvalue weighted by Crippen LogP contribution is -2.45. The maximum atomic E-state index is 12.5. The number of hydrogen-bond donors (Lipinski definition) is 3. The summed E-state index contributed by atoms with van der Waals surface area (Å²) in [7, 11) is 0. The van der Waals surface area contributed by atoms with Gasteiger partial charge in [0.2, 0.25) is 5.91 Å². The summed E-state index contributed by atoms with van der Waals surface area (Å²) in [5.74, 6) is -0.0404. The molecule has 3 N–H and O–H groups in total. The van der Waals surface area contributed by atoms with Crippen molar-refractivity contribution in [2.75, 3.05) is 13.2 Å². The number of carbonyl (C=O) groups excluding carboxylic acids is 2. The van der Waals surface area contributed by atoms with E-state index < -0.39 is 12.1 Å². The number of nitrogens with one attached hydrogen (secondary N) is 1. The maximum Gasteiger partial charge on any atom is 0.305 e. The molecule has 1 amide bonds. The van der Waals surface area contributed by atoms with E-state index in [1.807, 2.05) is 6.08 Å². The van der Waals surface area contributed by atoms with Gasteiger partial charge >= 0.3 is 5.97 Å². The van der Waals surface area contributed by atoms with Crippen molar-refractivity contribution in [2.24, 2.45) is 0 Å². The number of hydrogen-bond acceptors (Lipinski definition) is 5. The van der Waals surface area contributed by atoms with Crippen molar-refractivity contribution in [2.45, 2.75) is 431 Å². The molecule has 0 aromatic heterocycles. The van der Waals surface area contributed by atoms with E-state index >= 15 is 0 Å². The topological polar surface area (TPSA) is 95.9 Å². The molecule has 0 spiro atoms. The molecule has 0 bridgehead atoms. The van der Waals surface area contributed by atoms with Crippen LogP contribution in [0.5, 0.6) is 0 Å². The highest BCUT2D eigenvalue weighted by atomic mass is 16.5. The molecule has 0 radical (unpaired) electrons. The second-order valence-corrected chi connectivity index (χ2v) is 25.3. The Morgan fingerprint density at radius 3 is 0.861 bits per heavy atom. The van der Waals surface area contributed by atoms with E-state index in [1.165, 1.54) is 353 Å². The Morgan fingerprint density at radius 2 is 0.582 bits per heavy atom. The van der Waals surface area contributed by atoms with E-state index in [0.717, 1.165) is 38.5 Å². The molecule has 6 nitrogen and oxygen atoms in total. The summed E-state index contributed by atoms with van der Waals surface area (Å²) in [5.41, 5.74) is 0. The Bertz CT molecular complexity index is 1190. The number of unbranched alkanes of at least 4 members (excludes halogenated alkanes) is 58. The van der Waals surface area contributed by atoms with E-state index in [1.54, 1.807) is 6.08 Å². The predicted octanol–water partition coefficient (Wildman–Crippen LogP) is 23.5. The van der Waals surface area contributed by atoms with Crippen molar-refractivity contribution < 1.29 is 24.5 Å². The lowest BCUT2D eigenvalue weighted by Gasteiger charge is -2.20. The van der Waals surface area contributed by atoms with Crippen molar-refractivity contribution in [3.8, 4) is 0 Å². The zero-order valence-corrected chi connectivity index (χ0v) is 53.9. The van der Waals surface area contributed by atoms with Crippen molar-refractivity contribution in [3.63, 3.8) is 0 Å². The van der Waals surface area contributed by atoms with Gasteiger partial charge in [-0.3, -0.25) is 9.59 Å². The summed E-state index contributed by atoms with van der Waals surface area (Å²) in [5, 5.41) is 23.3. The molecule has 79 heavy (non-hydrogen) atoms. The van der Waals surface area contributed by atoms with Gasteiger partial charge in [0.1, 0.15) is 0 Å². The molecule has 0 saturated carbocycles. The van der Waals surface area contributed by atoms with Crippen LogP contribution in [0.3, 0.4) is 0 Å². The Morgan fingerprint density at radius 1 is 0.342 bits per heavy atom. The number of amides is 1. The van der Waals surface area contributed by atoms with Gasteiger partial charge in [0, 0.05) is 12.8 Å². The van der Waals surface area contributed by atoms with Gasteiger partial charge in [0.05, 0.1) is 25.4 Å². The van der Waals surface area contributed by atoms with Crippen LogP contribution in [0.2, 0.25) is 0 Å². The molecule has 0 rings (SSSR count). The largest absolute Gasteiger partial charge is 0.466 e. The number of esters is 1. The standard InChI is InChI=1S/C73H143NO5/c1-3-5-7-9-11-13-15-17-19-20-21-22-29-32-35-38-41-45-49-53-57-61-65-71(76)70(69-75)74-72(77)66-62-58-54-50-46-42-39-36-33-30-27-25-23-24-26-28-31-34-37-40-44-48-52-56-60-64-68-79-73(78)67-63-59-55-51-47-43-18-16-14-12-10-8-6-4-2/h61,65,70-71,75-76H,3-60,62-64,66-69H2,1-2H3,(H,74,77)/b65-61+. The molecule has 2 atom stereocenters.